The molecule has 0 bridgehead atoms. The van der Waals surface area contributed by atoms with Crippen LogP contribution in [0.2, 0.25) is 0 Å². The van der Waals surface area contributed by atoms with Crippen molar-refractivity contribution in [2.45, 2.75) is 19.3 Å². The Morgan fingerprint density at radius 3 is 2.79 bits per heavy atom. The second-order valence-electron chi connectivity index (χ2n) is 3.51. The smallest absolute Gasteiger partial charge is 0.212 e. The molecular formula is C9H16ClNO2S. The van der Waals surface area contributed by atoms with Gasteiger partial charge in [-0.1, -0.05) is 12.2 Å². The molecule has 3 nitrogen and oxygen atoms in total. The Bertz CT molecular complexity index is 287. The number of alkyl halides is 1. The number of allylic oxidation sites excluding steroid dienone is 2. The van der Waals surface area contributed by atoms with Gasteiger partial charge in [0.05, 0.1) is 5.75 Å². The first-order valence-electron chi connectivity index (χ1n) is 4.82. The molecule has 0 radical (unpaired) electrons. The molecular weight excluding hydrogens is 222 g/mol. The standard InChI is InChI=1S/C9H16ClNO2S/c10-6-7-14(12,13)11-8-9-4-2-1-3-5-9/h1-2,9,11H,3-8H2. The summed E-state index contributed by atoms with van der Waals surface area (Å²) >= 11 is 5.38. The fourth-order valence-corrected chi connectivity index (χ4v) is 2.91. The zero-order valence-corrected chi connectivity index (χ0v) is 9.65. The molecule has 0 heterocycles. The van der Waals surface area contributed by atoms with Crippen LogP contribution < -0.4 is 4.72 Å². The molecule has 0 saturated carbocycles. The van der Waals surface area contributed by atoms with E-state index in [-0.39, 0.29) is 11.6 Å². The van der Waals surface area contributed by atoms with Crippen molar-refractivity contribution in [1.82, 2.24) is 4.72 Å². The van der Waals surface area contributed by atoms with Gasteiger partial charge < -0.3 is 0 Å². The number of rotatable bonds is 5. The molecule has 82 valence electrons. The van der Waals surface area contributed by atoms with E-state index in [2.05, 4.69) is 16.9 Å². The number of hydrogen-bond donors (Lipinski definition) is 1. The van der Waals surface area contributed by atoms with E-state index in [4.69, 9.17) is 11.6 Å². The number of halogens is 1. The molecule has 0 aliphatic heterocycles. The van der Waals surface area contributed by atoms with E-state index in [0.717, 1.165) is 19.3 Å². The van der Waals surface area contributed by atoms with Crippen LogP contribution in [0.25, 0.3) is 0 Å². The van der Waals surface area contributed by atoms with Crippen LogP contribution in [0.1, 0.15) is 19.3 Å². The molecule has 1 unspecified atom stereocenters. The molecule has 14 heavy (non-hydrogen) atoms. The molecule has 0 spiro atoms. The van der Waals surface area contributed by atoms with Gasteiger partial charge >= 0.3 is 0 Å². The lowest BCUT2D eigenvalue weighted by Crippen LogP contribution is -2.32. The van der Waals surface area contributed by atoms with Gasteiger partial charge in [-0.15, -0.1) is 11.6 Å². The minimum atomic E-state index is -3.14. The summed E-state index contributed by atoms with van der Waals surface area (Å²) < 4.78 is 25.1. The van der Waals surface area contributed by atoms with E-state index < -0.39 is 10.0 Å². The molecule has 0 saturated heterocycles. The van der Waals surface area contributed by atoms with E-state index in [1.165, 1.54) is 0 Å². The van der Waals surface area contributed by atoms with Crippen LogP contribution in [0.4, 0.5) is 0 Å². The van der Waals surface area contributed by atoms with Gasteiger partial charge in [0.2, 0.25) is 10.0 Å². The SMILES string of the molecule is O=S(=O)(CCCl)NCC1CC=CCC1. The molecule has 1 rings (SSSR count). The van der Waals surface area contributed by atoms with Crippen molar-refractivity contribution in [3.63, 3.8) is 0 Å². The topological polar surface area (TPSA) is 46.2 Å². The summed E-state index contributed by atoms with van der Waals surface area (Å²) in [4.78, 5) is 0. The van der Waals surface area contributed by atoms with Gasteiger partial charge in [0.25, 0.3) is 0 Å². The second kappa shape index (κ2) is 5.73. The van der Waals surface area contributed by atoms with Crippen molar-refractivity contribution >= 4 is 21.6 Å². The third-order valence-corrected chi connectivity index (χ3v) is 4.08. The van der Waals surface area contributed by atoms with Crippen molar-refractivity contribution in [2.75, 3.05) is 18.2 Å². The normalized spacial score (nSPS) is 22.5. The van der Waals surface area contributed by atoms with E-state index in [1.807, 2.05) is 0 Å². The van der Waals surface area contributed by atoms with Gasteiger partial charge in [-0.3, -0.25) is 0 Å². The molecule has 0 aromatic carbocycles. The van der Waals surface area contributed by atoms with Crippen LogP contribution in [0.5, 0.6) is 0 Å². The highest BCUT2D eigenvalue weighted by atomic mass is 35.5. The fourth-order valence-electron chi connectivity index (χ4n) is 1.46. The van der Waals surface area contributed by atoms with Gasteiger partial charge in [-0.2, -0.15) is 0 Å². The molecule has 0 aromatic rings. The largest absolute Gasteiger partial charge is 0.215 e. The lowest BCUT2D eigenvalue weighted by Gasteiger charge is -2.17. The molecule has 0 aromatic heterocycles. The lowest BCUT2D eigenvalue weighted by molar-refractivity contribution is 0.468. The van der Waals surface area contributed by atoms with Crippen LogP contribution >= 0.6 is 11.6 Å². The van der Waals surface area contributed by atoms with Crippen molar-refractivity contribution in [2.24, 2.45) is 5.92 Å². The Balaban J connectivity index is 2.29. The predicted octanol–water partition coefficient (Wildman–Crippen LogP) is 1.50. The van der Waals surface area contributed by atoms with Gasteiger partial charge in [0, 0.05) is 12.4 Å². The highest BCUT2D eigenvalue weighted by Gasteiger charge is 2.14. The zero-order chi connectivity index (χ0) is 10.4. The maximum atomic E-state index is 11.3. The highest BCUT2D eigenvalue weighted by Crippen LogP contribution is 2.17. The molecule has 0 fully saturated rings. The molecule has 5 heteroatoms. The zero-order valence-electron chi connectivity index (χ0n) is 8.08. The molecule has 1 N–H and O–H groups in total. The Labute approximate surface area is 90.6 Å². The van der Waals surface area contributed by atoms with Gasteiger partial charge in [0.1, 0.15) is 0 Å². The van der Waals surface area contributed by atoms with Gasteiger partial charge in [0.15, 0.2) is 0 Å². The van der Waals surface area contributed by atoms with Crippen LogP contribution in [0.3, 0.4) is 0 Å². The summed E-state index contributed by atoms with van der Waals surface area (Å²) in [6.45, 7) is 0.545. The fraction of sp³-hybridized carbons (Fsp3) is 0.778. The van der Waals surface area contributed by atoms with E-state index in [1.54, 1.807) is 0 Å². The maximum absolute atomic E-state index is 11.3. The maximum Gasteiger partial charge on any atom is 0.212 e. The quantitative estimate of drug-likeness (QED) is 0.582. The Morgan fingerprint density at radius 1 is 1.43 bits per heavy atom. The summed E-state index contributed by atoms with van der Waals surface area (Å²) in [5, 5.41) is 0. The lowest BCUT2D eigenvalue weighted by atomic mass is 9.95. The first-order valence-corrected chi connectivity index (χ1v) is 7.01. The van der Waals surface area contributed by atoms with Crippen molar-refractivity contribution in [3.8, 4) is 0 Å². The average Bonchev–Trinajstić information content (AvgIpc) is 2.17. The minimum Gasteiger partial charge on any atom is -0.215 e. The Kier molecular flexibility index (Phi) is 4.92. The first kappa shape index (κ1) is 12.0. The van der Waals surface area contributed by atoms with E-state index >= 15 is 0 Å². The summed E-state index contributed by atoms with van der Waals surface area (Å²) in [5.41, 5.74) is 0. The Morgan fingerprint density at radius 2 is 2.21 bits per heavy atom. The third kappa shape index (κ3) is 4.44. The number of hydrogen-bond acceptors (Lipinski definition) is 2. The monoisotopic (exact) mass is 237 g/mol. The average molecular weight is 238 g/mol. The van der Waals surface area contributed by atoms with E-state index in [0.29, 0.717) is 12.5 Å². The number of nitrogens with one attached hydrogen (secondary N) is 1. The Hall–Kier alpha value is -0.0600. The van der Waals surface area contributed by atoms with Crippen molar-refractivity contribution in [3.05, 3.63) is 12.2 Å². The summed E-state index contributed by atoms with van der Waals surface area (Å²) in [6, 6.07) is 0. The van der Waals surface area contributed by atoms with Gasteiger partial charge in [-0.05, 0) is 25.2 Å². The minimum absolute atomic E-state index is 0.0110. The van der Waals surface area contributed by atoms with Crippen molar-refractivity contribution < 1.29 is 8.42 Å². The van der Waals surface area contributed by atoms with Crippen LogP contribution in [-0.2, 0) is 10.0 Å². The third-order valence-electron chi connectivity index (χ3n) is 2.32. The number of sulfonamides is 1. The van der Waals surface area contributed by atoms with Gasteiger partial charge in [-0.25, -0.2) is 13.1 Å². The van der Waals surface area contributed by atoms with Crippen LogP contribution in [0, 0.1) is 5.92 Å². The summed E-state index contributed by atoms with van der Waals surface area (Å²) in [6.07, 6.45) is 7.36. The molecule has 1 aliphatic carbocycles. The van der Waals surface area contributed by atoms with Crippen LogP contribution in [0.15, 0.2) is 12.2 Å². The van der Waals surface area contributed by atoms with E-state index in [9.17, 15) is 8.42 Å². The predicted molar refractivity (Wildman–Crippen MR) is 59.0 cm³/mol. The van der Waals surface area contributed by atoms with Crippen LogP contribution in [-0.4, -0.2) is 26.6 Å². The summed E-state index contributed by atoms with van der Waals surface area (Å²) in [7, 11) is -3.14. The highest BCUT2D eigenvalue weighted by molar-refractivity contribution is 7.89. The molecule has 1 aliphatic rings. The molecule has 0 amide bonds. The molecule has 1 atom stereocenters. The first-order chi connectivity index (χ1) is 6.64. The summed E-state index contributed by atoms with van der Waals surface area (Å²) in [5.74, 6) is 0.613. The van der Waals surface area contributed by atoms with Crippen molar-refractivity contribution in [1.29, 1.82) is 0 Å². The second-order valence-corrected chi connectivity index (χ2v) is 5.81.